The molecule has 4 nitrogen and oxygen atoms in total. The molecule has 1 aromatic rings. The second-order valence-corrected chi connectivity index (χ2v) is 2.44. The number of nitrogens with two attached hydrogens (primary N) is 1. The first-order valence-corrected chi connectivity index (χ1v) is 3.48. The van der Waals surface area contributed by atoms with Crippen LogP contribution in [0.4, 0.5) is 0 Å². The summed E-state index contributed by atoms with van der Waals surface area (Å²) >= 11 is 0. The molecular formula is C7H13N3O. The van der Waals surface area contributed by atoms with Crippen molar-refractivity contribution in [1.29, 1.82) is 0 Å². The van der Waals surface area contributed by atoms with E-state index in [1.807, 2.05) is 13.1 Å². The van der Waals surface area contributed by atoms with E-state index in [4.69, 9.17) is 10.5 Å². The molecule has 2 N–H and O–H groups in total. The lowest BCUT2D eigenvalue weighted by Gasteiger charge is -2.09. The smallest absolute Gasteiger partial charge is 0.0704 e. The highest BCUT2D eigenvalue weighted by Gasteiger charge is 2.08. The van der Waals surface area contributed by atoms with Crippen molar-refractivity contribution >= 4 is 0 Å². The first-order chi connectivity index (χ1) is 5.25. The average molecular weight is 155 g/mol. The van der Waals surface area contributed by atoms with Crippen LogP contribution in [0.25, 0.3) is 0 Å². The van der Waals surface area contributed by atoms with Crippen molar-refractivity contribution in [3.8, 4) is 0 Å². The van der Waals surface area contributed by atoms with Gasteiger partial charge in [0.2, 0.25) is 0 Å². The van der Waals surface area contributed by atoms with Crippen molar-refractivity contribution in [3.05, 3.63) is 18.0 Å². The highest BCUT2D eigenvalue weighted by Crippen LogP contribution is 2.07. The van der Waals surface area contributed by atoms with Gasteiger partial charge in [-0.05, 0) is 6.07 Å². The summed E-state index contributed by atoms with van der Waals surface area (Å²) in [5.41, 5.74) is 6.76. The Morgan fingerprint density at radius 3 is 3.00 bits per heavy atom. The molecule has 1 atom stereocenters. The fourth-order valence-electron chi connectivity index (χ4n) is 1.01. The van der Waals surface area contributed by atoms with E-state index in [2.05, 4.69) is 5.10 Å². The second kappa shape index (κ2) is 3.50. The van der Waals surface area contributed by atoms with E-state index < -0.39 is 0 Å². The van der Waals surface area contributed by atoms with E-state index >= 15 is 0 Å². The molecule has 0 amide bonds. The molecule has 0 saturated carbocycles. The Morgan fingerprint density at radius 2 is 2.55 bits per heavy atom. The zero-order valence-electron chi connectivity index (χ0n) is 6.82. The molecule has 0 saturated heterocycles. The molecule has 1 heterocycles. The van der Waals surface area contributed by atoms with Gasteiger partial charge in [0.05, 0.1) is 18.3 Å². The quantitative estimate of drug-likeness (QED) is 0.671. The van der Waals surface area contributed by atoms with Crippen LogP contribution >= 0.6 is 0 Å². The third kappa shape index (κ3) is 1.78. The van der Waals surface area contributed by atoms with Crippen molar-refractivity contribution in [3.63, 3.8) is 0 Å². The number of ether oxygens (including phenoxy) is 1. The topological polar surface area (TPSA) is 53.1 Å². The predicted octanol–water partition coefficient (Wildman–Crippen LogP) is 0.0663. The molecule has 11 heavy (non-hydrogen) atoms. The third-order valence-electron chi connectivity index (χ3n) is 1.58. The number of methoxy groups -OCH3 is 1. The van der Waals surface area contributed by atoms with E-state index in [1.54, 1.807) is 18.0 Å². The fraction of sp³-hybridized carbons (Fsp3) is 0.571. The number of rotatable bonds is 3. The van der Waals surface area contributed by atoms with Crippen LogP contribution in [0.15, 0.2) is 12.3 Å². The van der Waals surface area contributed by atoms with Gasteiger partial charge in [-0.15, -0.1) is 0 Å². The van der Waals surface area contributed by atoms with E-state index in [1.165, 1.54) is 0 Å². The molecule has 4 heteroatoms. The van der Waals surface area contributed by atoms with Crippen LogP contribution in [0.5, 0.6) is 0 Å². The summed E-state index contributed by atoms with van der Waals surface area (Å²) in [5, 5.41) is 4.00. The minimum Gasteiger partial charge on any atom is -0.383 e. The second-order valence-electron chi connectivity index (χ2n) is 2.44. The maximum Gasteiger partial charge on any atom is 0.0704 e. The fourth-order valence-corrected chi connectivity index (χ4v) is 1.01. The van der Waals surface area contributed by atoms with Crippen LogP contribution in [0.2, 0.25) is 0 Å². The van der Waals surface area contributed by atoms with Gasteiger partial charge < -0.3 is 10.5 Å². The van der Waals surface area contributed by atoms with Gasteiger partial charge in [0.15, 0.2) is 0 Å². The van der Waals surface area contributed by atoms with Crippen molar-refractivity contribution < 1.29 is 4.74 Å². The van der Waals surface area contributed by atoms with Crippen LogP contribution in [-0.2, 0) is 11.8 Å². The summed E-state index contributed by atoms with van der Waals surface area (Å²) in [6.07, 6.45) is 1.73. The van der Waals surface area contributed by atoms with Crippen LogP contribution in [0.1, 0.15) is 11.7 Å². The third-order valence-corrected chi connectivity index (χ3v) is 1.58. The molecule has 62 valence electrons. The Bertz CT molecular complexity index is 221. The van der Waals surface area contributed by atoms with Crippen molar-refractivity contribution in [2.75, 3.05) is 13.7 Å². The van der Waals surface area contributed by atoms with Gasteiger partial charge in [-0.25, -0.2) is 0 Å². The van der Waals surface area contributed by atoms with Gasteiger partial charge >= 0.3 is 0 Å². The molecular weight excluding hydrogens is 142 g/mol. The minimum atomic E-state index is -0.0764. The van der Waals surface area contributed by atoms with E-state index in [-0.39, 0.29) is 6.04 Å². The first kappa shape index (κ1) is 8.23. The standard InChI is InChI=1S/C7H13N3O/c1-10-7(3-4-9-10)6(8)5-11-2/h3-4,6H,5,8H2,1-2H3. The Morgan fingerprint density at radius 1 is 1.82 bits per heavy atom. The van der Waals surface area contributed by atoms with E-state index in [0.29, 0.717) is 6.61 Å². The van der Waals surface area contributed by atoms with Crippen LogP contribution in [0.3, 0.4) is 0 Å². The lowest BCUT2D eigenvalue weighted by molar-refractivity contribution is 0.178. The molecule has 1 rings (SSSR count). The number of hydrogen-bond donors (Lipinski definition) is 1. The SMILES string of the molecule is COCC(N)c1ccnn1C. The van der Waals surface area contributed by atoms with Gasteiger partial charge in [-0.1, -0.05) is 0 Å². The largest absolute Gasteiger partial charge is 0.383 e. The molecule has 0 aliphatic rings. The summed E-state index contributed by atoms with van der Waals surface area (Å²) in [5.74, 6) is 0. The minimum absolute atomic E-state index is 0.0764. The monoisotopic (exact) mass is 155 g/mol. The van der Waals surface area contributed by atoms with Gasteiger partial charge in [0.25, 0.3) is 0 Å². The van der Waals surface area contributed by atoms with Crippen LogP contribution in [0, 0.1) is 0 Å². The molecule has 0 aliphatic heterocycles. The molecule has 1 unspecified atom stereocenters. The highest BCUT2D eigenvalue weighted by atomic mass is 16.5. The molecule has 0 fully saturated rings. The van der Waals surface area contributed by atoms with Crippen LogP contribution in [-0.4, -0.2) is 23.5 Å². The molecule has 0 aliphatic carbocycles. The summed E-state index contributed by atoms with van der Waals surface area (Å²) in [4.78, 5) is 0. The van der Waals surface area contributed by atoms with Gasteiger partial charge in [-0.3, -0.25) is 4.68 Å². The number of aromatic nitrogens is 2. The van der Waals surface area contributed by atoms with E-state index in [0.717, 1.165) is 5.69 Å². The Labute approximate surface area is 66.0 Å². The van der Waals surface area contributed by atoms with Crippen molar-refractivity contribution in [1.82, 2.24) is 9.78 Å². The number of nitrogens with zero attached hydrogens (tertiary/aromatic N) is 2. The summed E-state index contributed by atoms with van der Waals surface area (Å²) in [6.45, 7) is 0.527. The lowest BCUT2D eigenvalue weighted by atomic mass is 10.2. The molecule has 0 radical (unpaired) electrons. The molecule has 1 aromatic heterocycles. The lowest BCUT2D eigenvalue weighted by Crippen LogP contribution is -2.19. The zero-order valence-corrected chi connectivity index (χ0v) is 6.82. The number of hydrogen-bond acceptors (Lipinski definition) is 3. The molecule has 0 aromatic carbocycles. The molecule has 0 spiro atoms. The Hall–Kier alpha value is -0.870. The van der Waals surface area contributed by atoms with Gasteiger partial charge in [0.1, 0.15) is 0 Å². The van der Waals surface area contributed by atoms with E-state index in [9.17, 15) is 0 Å². The average Bonchev–Trinajstić information content (AvgIpc) is 2.36. The Balaban J connectivity index is 2.67. The highest BCUT2D eigenvalue weighted by molar-refractivity contribution is 5.05. The van der Waals surface area contributed by atoms with Crippen molar-refractivity contribution in [2.24, 2.45) is 12.8 Å². The summed E-state index contributed by atoms with van der Waals surface area (Å²) in [7, 11) is 3.50. The summed E-state index contributed by atoms with van der Waals surface area (Å²) in [6, 6.07) is 1.82. The number of aryl methyl sites for hydroxylation is 1. The Kier molecular flexibility index (Phi) is 2.62. The molecule has 0 bridgehead atoms. The maximum atomic E-state index is 5.76. The van der Waals surface area contributed by atoms with Gasteiger partial charge in [0, 0.05) is 20.4 Å². The first-order valence-electron chi connectivity index (χ1n) is 3.48. The normalized spacial score (nSPS) is 13.4. The zero-order chi connectivity index (χ0) is 8.27. The van der Waals surface area contributed by atoms with Crippen LogP contribution < -0.4 is 5.73 Å². The van der Waals surface area contributed by atoms with Gasteiger partial charge in [-0.2, -0.15) is 5.10 Å². The maximum absolute atomic E-state index is 5.76. The predicted molar refractivity (Wildman–Crippen MR) is 42.0 cm³/mol. The van der Waals surface area contributed by atoms with Crippen molar-refractivity contribution in [2.45, 2.75) is 6.04 Å². The summed E-state index contributed by atoms with van der Waals surface area (Å²) < 4.78 is 6.67.